The van der Waals surface area contributed by atoms with Crippen LogP contribution in [0.4, 0.5) is 10.5 Å². The van der Waals surface area contributed by atoms with Gasteiger partial charge in [0.25, 0.3) is 0 Å². The first kappa shape index (κ1) is 14.9. The van der Waals surface area contributed by atoms with Gasteiger partial charge in [-0.1, -0.05) is 23.2 Å². The zero-order valence-corrected chi connectivity index (χ0v) is 12.9. The van der Waals surface area contributed by atoms with Crippen molar-refractivity contribution >= 4 is 34.9 Å². The van der Waals surface area contributed by atoms with Gasteiger partial charge < -0.3 is 19.7 Å². The number of hydrogen-bond acceptors (Lipinski definition) is 3. The van der Waals surface area contributed by atoms with Gasteiger partial charge in [0.05, 0.1) is 19.8 Å². The van der Waals surface area contributed by atoms with Crippen molar-refractivity contribution in [3.63, 3.8) is 0 Å². The molecule has 114 valence electrons. The van der Waals surface area contributed by atoms with Crippen LogP contribution in [0.15, 0.2) is 18.2 Å². The molecule has 2 heterocycles. The molecule has 1 aromatic rings. The molecule has 2 saturated heterocycles. The second-order valence-electron chi connectivity index (χ2n) is 5.22. The van der Waals surface area contributed by atoms with Crippen LogP contribution in [0, 0.1) is 0 Å². The summed E-state index contributed by atoms with van der Waals surface area (Å²) in [4.78, 5) is 14.0. The van der Waals surface area contributed by atoms with Crippen LogP contribution in [0.1, 0.15) is 12.8 Å². The smallest absolute Gasteiger partial charge is 0.322 e. The first-order valence-electron chi connectivity index (χ1n) is 6.86. The number of benzene rings is 1. The summed E-state index contributed by atoms with van der Waals surface area (Å²) in [6, 6.07) is 4.74. The molecule has 2 fully saturated rings. The number of urea groups is 1. The van der Waals surface area contributed by atoms with E-state index in [-0.39, 0.29) is 6.03 Å². The van der Waals surface area contributed by atoms with E-state index in [2.05, 4.69) is 5.32 Å². The maximum Gasteiger partial charge on any atom is 0.322 e. The van der Waals surface area contributed by atoms with E-state index in [1.54, 1.807) is 23.1 Å². The van der Waals surface area contributed by atoms with Crippen molar-refractivity contribution in [2.45, 2.75) is 18.6 Å². The zero-order valence-electron chi connectivity index (χ0n) is 11.4. The van der Waals surface area contributed by atoms with Crippen LogP contribution in [0.25, 0.3) is 0 Å². The highest BCUT2D eigenvalue weighted by Crippen LogP contribution is 2.30. The molecule has 5 nitrogen and oxygen atoms in total. The Morgan fingerprint density at radius 2 is 1.86 bits per heavy atom. The SMILES string of the molecule is O=C(Nc1cc(Cl)cc(Cl)c1)N1CCCC2(C1)OCCO2. The molecule has 1 spiro atoms. The van der Waals surface area contributed by atoms with Gasteiger partial charge in [-0.25, -0.2) is 4.79 Å². The topological polar surface area (TPSA) is 50.8 Å². The zero-order chi connectivity index (χ0) is 14.9. The lowest BCUT2D eigenvalue weighted by atomic mass is 10.1. The number of rotatable bonds is 1. The van der Waals surface area contributed by atoms with Gasteiger partial charge in [-0.05, 0) is 24.6 Å². The fourth-order valence-corrected chi connectivity index (χ4v) is 3.25. The number of nitrogens with zero attached hydrogens (tertiary/aromatic N) is 1. The number of nitrogens with one attached hydrogen (secondary N) is 1. The van der Waals surface area contributed by atoms with E-state index in [4.69, 9.17) is 32.7 Å². The van der Waals surface area contributed by atoms with E-state index in [1.807, 2.05) is 0 Å². The van der Waals surface area contributed by atoms with Crippen molar-refractivity contribution in [2.75, 3.05) is 31.6 Å². The Kier molecular flexibility index (Phi) is 4.26. The predicted molar refractivity (Wildman–Crippen MR) is 80.9 cm³/mol. The molecule has 7 heteroatoms. The third-order valence-electron chi connectivity index (χ3n) is 3.63. The van der Waals surface area contributed by atoms with Crippen molar-refractivity contribution in [1.29, 1.82) is 0 Å². The standard InChI is InChI=1S/C14H16Cl2N2O3/c15-10-6-11(16)8-12(7-10)17-13(19)18-3-1-2-14(9-18)20-4-5-21-14/h6-8H,1-5,9H2,(H,17,19). The van der Waals surface area contributed by atoms with E-state index >= 15 is 0 Å². The maximum absolute atomic E-state index is 12.3. The van der Waals surface area contributed by atoms with E-state index in [0.29, 0.717) is 42.0 Å². The highest BCUT2D eigenvalue weighted by Gasteiger charge is 2.42. The molecule has 0 aliphatic carbocycles. The number of hydrogen-bond donors (Lipinski definition) is 1. The number of carbonyl (C=O) groups is 1. The van der Waals surface area contributed by atoms with E-state index in [0.717, 1.165) is 12.8 Å². The third kappa shape index (κ3) is 3.43. The summed E-state index contributed by atoms with van der Waals surface area (Å²) in [5.74, 6) is -0.623. The molecule has 0 unspecified atom stereocenters. The number of carbonyl (C=O) groups excluding carboxylic acids is 1. The van der Waals surface area contributed by atoms with Crippen LogP contribution in [0.3, 0.4) is 0 Å². The maximum atomic E-state index is 12.3. The highest BCUT2D eigenvalue weighted by molar-refractivity contribution is 6.35. The normalized spacial score (nSPS) is 20.8. The lowest BCUT2D eigenvalue weighted by Gasteiger charge is -2.38. The molecule has 0 radical (unpaired) electrons. The fraction of sp³-hybridized carbons (Fsp3) is 0.500. The fourth-order valence-electron chi connectivity index (χ4n) is 2.72. The summed E-state index contributed by atoms with van der Waals surface area (Å²) >= 11 is 11.9. The molecule has 2 amide bonds. The predicted octanol–water partition coefficient (Wildman–Crippen LogP) is 3.36. The van der Waals surface area contributed by atoms with Gasteiger partial charge in [0.2, 0.25) is 0 Å². The van der Waals surface area contributed by atoms with Crippen LogP contribution in [0.2, 0.25) is 10.0 Å². The summed E-state index contributed by atoms with van der Waals surface area (Å²) in [6.45, 7) is 2.28. The molecule has 21 heavy (non-hydrogen) atoms. The van der Waals surface area contributed by atoms with Gasteiger partial charge in [0.1, 0.15) is 0 Å². The molecule has 0 aromatic heterocycles. The van der Waals surface area contributed by atoms with Crippen LogP contribution in [-0.4, -0.2) is 43.0 Å². The van der Waals surface area contributed by atoms with E-state index in [9.17, 15) is 4.79 Å². The Balaban J connectivity index is 1.67. The van der Waals surface area contributed by atoms with Crippen molar-refractivity contribution in [3.8, 4) is 0 Å². The molecule has 2 aliphatic heterocycles. The van der Waals surface area contributed by atoms with Crippen molar-refractivity contribution in [1.82, 2.24) is 4.90 Å². The minimum absolute atomic E-state index is 0.202. The number of piperidine rings is 1. The number of halogens is 2. The minimum Gasteiger partial charge on any atom is -0.346 e. The Labute approximate surface area is 133 Å². The van der Waals surface area contributed by atoms with Crippen LogP contribution in [0.5, 0.6) is 0 Å². The molecule has 1 N–H and O–H groups in total. The van der Waals surface area contributed by atoms with Crippen molar-refractivity contribution < 1.29 is 14.3 Å². The monoisotopic (exact) mass is 330 g/mol. The molecule has 3 rings (SSSR count). The first-order chi connectivity index (χ1) is 10.1. The largest absolute Gasteiger partial charge is 0.346 e. The first-order valence-corrected chi connectivity index (χ1v) is 7.62. The minimum atomic E-state index is -0.623. The Bertz CT molecular complexity index is 527. The molecule has 1 aromatic carbocycles. The van der Waals surface area contributed by atoms with Gasteiger partial charge in [-0.2, -0.15) is 0 Å². The number of likely N-dealkylation sites (tertiary alicyclic amines) is 1. The van der Waals surface area contributed by atoms with E-state index in [1.165, 1.54) is 0 Å². The van der Waals surface area contributed by atoms with Crippen LogP contribution in [-0.2, 0) is 9.47 Å². The molecule has 0 bridgehead atoms. The molecule has 2 aliphatic rings. The molecule has 0 atom stereocenters. The summed E-state index contributed by atoms with van der Waals surface area (Å²) in [6.07, 6.45) is 1.67. The second-order valence-corrected chi connectivity index (χ2v) is 6.09. The summed E-state index contributed by atoms with van der Waals surface area (Å²) in [5.41, 5.74) is 0.574. The Morgan fingerprint density at radius 3 is 2.52 bits per heavy atom. The molecule has 0 saturated carbocycles. The Morgan fingerprint density at radius 1 is 1.19 bits per heavy atom. The van der Waals surface area contributed by atoms with Gasteiger partial charge in [0.15, 0.2) is 5.79 Å². The quantitative estimate of drug-likeness (QED) is 0.858. The highest BCUT2D eigenvalue weighted by atomic mass is 35.5. The number of ether oxygens (including phenoxy) is 2. The number of anilines is 1. The average Bonchev–Trinajstić information content (AvgIpc) is 2.85. The van der Waals surface area contributed by atoms with Crippen LogP contribution < -0.4 is 5.32 Å². The lowest BCUT2D eigenvalue weighted by molar-refractivity contribution is -0.182. The summed E-state index contributed by atoms with van der Waals surface area (Å²) < 4.78 is 11.3. The average molecular weight is 331 g/mol. The second kappa shape index (κ2) is 6.01. The van der Waals surface area contributed by atoms with Gasteiger partial charge in [-0.15, -0.1) is 0 Å². The molecular formula is C14H16Cl2N2O3. The number of amides is 2. The van der Waals surface area contributed by atoms with Gasteiger partial charge >= 0.3 is 6.03 Å². The third-order valence-corrected chi connectivity index (χ3v) is 4.07. The summed E-state index contributed by atoms with van der Waals surface area (Å²) in [5, 5.41) is 3.77. The van der Waals surface area contributed by atoms with Crippen molar-refractivity contribution in [3.05, 3.63) is 28.2 Å². The Hall–Kier alpha value is -1.01. The van der Waals surface area contributed by atoms with Gasteiger partial charge in [-0.3, -0.25) is 0 Å². The molecular weight excluding hydrogens is 315 g/mol. The lowest BCUT2D eigenvalue weighted by Crippen LogP contribution is -2.52. The van der Waals surface area contributed by atoms with Gasteiger partial charge in [0, 0.05) is 28.7 Å². The van der Waals surface area contributed by atoms with E-state index < -0.39 is 5.79 Å². The summed E-state index contributed by atoms with van der Waals surface area (Å²) in [7, 11) is 0. The van der Waals surface area contributed by atoms with Crippen LogP contribution >= 0.6 is 23.2 Å². The van der Waals surface area contributed by atoms with Crippen molar-refractivity contribution in [2.24, 2.45) is 0 Å².